The van der Waals surface area contributed by atoms with Gasteiger partial charge < -0.3 is 9.30 Å². The van der Waals surface area contributed by atoms with Crippen molar-refractivity contribution in [2.24, 2.45) is 0 Å². The van der Waals surface area contributed by atoms with Crippen molar-refractivity contribution >= 4 is 22.8 Å². The molecule has 0 radical (unpaired) electrons. The third-order valence-electron chi connectivity index (χ3n) is 4.68. The Kier molecular flexibility index (Phi) is 5.63. The van der Waals surface area contributed by atoms with E-state index in [4.69, 9.17) is 4.74 Å². The summed E-state index contributed by atoms with van der Waals surface area (Å²) >= 11 is 0. The molecule has 2 N–H and O–H groups in total. The van der Waals surface area contributed by atoms with Gasteiger partial charge in [0.1, 0.15) is 11.6 Å². The molecule has 3 aromatic rings. The number of rotatable bonds is 5. The van der Waals surface area contributed by atoms with Gasteiger partial charge >= 0.3 is 0 Å². The molecule has 0 atom stereocenters. The maximum Gasteiger partial charge on any atom is 0.276 e. The monoisotopic (exact) mass is 380 g/mol. The molecule has 7 heteroatoms. The van der Waals surface area contributed by atoms with Crippen LogP contribution in [0.1, 0.15) is 34.2 Å². The number of hydrogen-bond acceptors (Lipinski definition) is 4. The molecule has 0 aliphatic carbocycles. The van der Waals surface area contributed by atoms with E-state index in [1.54, 1.807) is 18.2 Å². The Balaban J connectivity index is 1.56. The molecule has 1 aromatic heterocycles. The Bertz CT molecular complexity index is 1040. The molecule has 3 rings (SSSR count). The van der Waals surface area contributed by atoms with E-state index in [1.807, 2.05) is 45.9 Å². The van der Waals surface area contributed by atoms with E-state index in [2.05, 4.69) is 20.4 Å². The number of hydrogen-bond donors (Lipinski definition) is 2. The first-order valence-electron chi connectivity index (χ1n) is 9.15. The topological polar surface area (TPSA) is 85.3 Å². The summed E-state index contributed by atoms with van der Waals surface area (Å²) in [5.41, 5.74) is 9.15. The molecule has 0 unspecified atom stereocenters. The largest absolute Gasteiger partial charge is 0.484 e. The van der Waals surface area contributed by atoms with E-state index in [1.165, 1.54) is 0 Å². The minimum Gasteiger partial charge on any atom is -0.484 e. The molecule has 2 amide bonds. The summed E-state index contributed by atoms with van der Waals surface area (Å²) in [6, 6.07) is 10.9. The van der Waals surface area contributed by atoms with Crippen molar-refractivity contribution in [1.82, 2.24) is 20.4 Å². The van der Waals surface area contributed by atoms with Crippen LogP contribution in [0.15, 0.2) is 36.4 Å². The average molecular weight is 380 g/mol. The van der Waals surface area contributed by atoms with Crippen molar-refractivity contribution in [2.75, 3.05) is 6.61 Å². The fraction of sp³-hybridized carbons (Fsp3) is 0.286. The molecule has 146 valence electrons. The molecule has 1 heterocycles. The summed E-state index contributed by atoms with van der Waals surface area (Å²) in [5, 5.41) is 0. The van der Waals surface area contributed by atoms with Gasteiger partial charge in [0.15, 0.2) is 6.61 Å². The Morgan fingerprint density at radius 2 is 1.82 bits per heavy atom. The minimum atomic E-state index is -0.446. The number of nitrogens with one attached hydrogen (secondary N) is 2. The molecule has 0 saturated heterocycles. The number of aromatic nitrogens is 2. The van der Waals surface area contributed by atoms with Crippen molar-refractivity contribution < 1.29 is 14.3 Å². The highest BCUT2D eigenvalue weighted by Gasteiger charge is 2.12. The zero-order chi connectivity index (χ0) is 20.3. The van der Waals surface area contributed by atoms with Crippen LogP contribution in [0, 0.1) is 20.8 Å². The van der Waals surface area contributed by atoms with E-state index in [0.717, 1.165) is 34.5 Å². The summed E-state index contributed by atoms with van der Waals surface area (Å²) in [6.45, 7) is 8.58. The highest BCUT2D eigenvalue weighted by Crippen LogP contribution is 2.18. The normalized spacial score (nSPS) is 10.7. The molecule has 28 heavy (non-hydrogen) atoms. The summed E-state index contributed by atoms with van der Waals surface area (Å²) in [4.78, 5) is 28.7. The molecule has 0 bridgehead atoms. The van der Waals surface area contributed by atoms with E-state index in [-0.39, 0.29) is 6.61 Å². The number of fused-ring (bicyclic) bond motifs is 1. The van der Waals surface area contributed by atoms with Gasteiger partial charge in [0, 0.05) is 12.1 Å². The van der Waals surface area contributed by atoms with Gasteiger partial charge in [-0.05, 0) is 69.2 Å². The quantitative estimate of drug-likeness (QED) is 0.667. The SMILES string of the molecule is CCn1c(C)nc2cc(C(=O)NNC(=O)COc3ccc(C)c(C)c3)ccc21. The van der Waals surface area contributed by atoms with Gasteiger partial charge in [-0.2, -0.15) is 0 Å². The van der Waals surface area contributed by atoms with Gasteiger partial charge in [0.25, 0.3) is 11.8 Å². The van der Waals surface area contributed by atoms with Crippen LogP contribution in [-0.2, 0) is 11.3 Å². The van der Waals surface area contributed by atoms with E-state index >= 15 is 0 Å². The van der Waals surface area contributed by atoms with Crippen LogP contribution < -0.4 is 15.6 Å². The van der Waals surface area contributed by atoms with Crippen molar-refractivity contribution in [1.29, 1.82) is 0 Å². The first-order chi connectivity index (χ1) is 13.4. The second-order valence-electron chi connectivity index (χ2n) is 6.64. The summed E-state index contributed by atoms with van der Waals surface area (Å²) in [5.74, 6) is 0.646. The molecular formula is C21H24N4O3. The van der Waals surface area contributed by atoms with Gasteiger partial charge in [0.2, 0.25) is 0 Å². The lowest BCUT2D eigenvalue weighted by Crippen LogP contribution is -2.43. The molecule has 7 nitrogen and oxygen atoms in total. The fourth-order valence-electron chi connectivity index (χ4n) is 2.98. The van der Waals surface area contributed by atoms with Crippen molar-refractivity contribution in [3.05, 3.63) is 58.9 Å². The molecule has 0 fully saturated rings. The summed E-state index contributed by atoms with van der Waals surface area (Å²) in [7, 11) is 0. The minimum absolute atomic E-state index is 0.193. The third kappa shape index (κ3) is 4.14. The van der Waals surface area contributed by atoms with Gasteiger partial charge in [-0.15, -0.1) is 0 Å². The second-order valence-corrected chi connectivity index (χ2v) is 6.64. The van der Waals surface area contributed by atoms with Gasteiger partial charge in [-0.25, -0.2) is 4.98 Å². The molecule has 0 aliphatic rings. The Hall–Kier alpha value is -3.35. The van der Waals surface area contributed by atoms with Gasteiger partial charge in [0.05, 0.1) is 11.0 Å². The standard InChI is InChI=1S/C21H24N4O3/c1-5-25-15(4)22-18-11-16(7-9-19(18)25)21(27)24-23-20(26)12-28-17-8-6-13(2)14(3)10-17/h6-11H,5,12H2,1-4H3,(H,23,26)(H,24,27). The first kappa shape index (κ1) is 19.4. The van der Waals surface area contributed by atoms with Crippen LogP contribution in [0.5, 0.6) is 5.75 Å². The number of imidazole rings is 1. The molecule has 0 aliphatic heterocycles. The lowest BCUT2D eigenvalue weighted by atomic mass is 10.1. The van der Waals surface area contributed by atoms with E-state index in [9.17, 15) is 9.59 Å². The maximum absolute atomic E-state index is 12.3. The zero-order valence-corrected chi connectivity index (χ0v) is 16.5. The number of nitrogens with zero attached hydrogens (tertiary/aromatic N) is 2. The third-order valence-corrected chi connectivity index (χ3v) is 4.68. The van der Waals surface area contributed by atoms with Crippen LogP contribution in [0.3, 0.4) is 0 Å². The molecular weight excluding hydrogens is 356 g/mol. The number of carbonyl (C=O) groups is 2. The van der Waals surface area contributed by atoms with Gasteiger partial charge in [-0.1, -0.05) is 6.07 Å². The highest BCUT2D eigenvalue weighted by molar-refractivity contribution is 5.98. The van der Waals surface area contributed by atoms with Crippen LogP contribution in [0.2, 0.25) is 0 Å². The Labute approximate surface area is 163 Å². The lowest BCUT2D eigenvalue weighted by Gasteiger charge is -2.10. The summed E-state index contributed by atoms with van der Waals surface area (Å²) < 4.78 is 7.52. The number of hydrazine groups is 1. The van der Waals surface area contributed by atoms with E-state index in [0.29, 0.717) is 11.3 Å². The van der Waals surface area contributed by atoms with Crippen LogP contribution in [-0.4, -0.2) is 28.0 Å². The Morgan fingerprint density at radius 3 is 2.54 bits per heavy atom. The molecule has 0 saturated carbocycles. The summed E-state index contributed by atoms with van der Waals surface area (Å²) in [6.07, 6.45) is 0. The van der Waals surface area contributed by atoms with Crippen molar-refractivity contribution in [3.8, 4) is 5.75 Å². The Morgan fingerprint density at radius 1 is 1.04 bits per heavy atom. The molecule has 2 aromatic carbocycles. The smallest absolute Gasteiger partial charge is 0.276 e. The van der Waals surface area contributed by atoms with E-state index < -0.39 is 11.8 Å². The predicted molar refractivity (Wildman–Crippen MR) is 107 cm³/mol. The first-order valence-corrected chi connectivity index (χ1v) is 9.15. The fourth-order valence-corrected chi connectivity index (χ4v) is 2.98. The van der Waals surface area contributed by atoms with Gasteiger partial charge in [-0.3, -0.25) is 20.4 Å². The second kappa shape index (κ2) is 8.12. The molecule has 0 spiro atoms. The number of amides is 2. The number of carbonyl (C=O) groups excluding carboxylic acids is 2. The van der Waals surface area contributed by atoms with Crippen LogP contribution >= 0.6 is 0 Å². The lowest BCUT2D eigenvalue weighted by molar-refractivity contribution is -0.123. The number of benzene rings is 2. The van der Waals surface area contributed by atoms with Crippen molar-refractivity contribution in [3.63, 3.8) is 0 Å². The highest BCUT2D eigenvalue weighted by atomic mass is 16.5. The zero-order valence-electron chi connectivity index (χ0n) is 16.5. The van der Waals surface area contributed by atoms with Crippen LogP contribution in [0.4, 0.5) is 0 Å². The van der Waals surface area contributed by atoms with Crippen LogP contribution in [0.25, 0.3) is 11.0 Å². The maximum atomic E-state index is 12.3. The predicted octanol–water partition coefficient (Wildman–Crippen LogP) is 2.82. The number of aryl methyl sites for hydroxylation is 4. The average Bonchev–Trinajstić information content (AvgIpc) is 3.00. The number of ether oxygens (including phenoxy) is 1. The van der Waals surface area contributed by atoms with Crippen molar-refractivity contribution in [2.45, 2.75) is 34.2 Å².